The third-order valence-corrected chi connectivity index (χ3v) is 4.73. The van der Waals surface area contributed by atoms with E-state index in [0.29, 0.717) is 29.9 Å². The number of fused-ring (bicyclic) bond motifs is 1. The molecule has 3 rings (SSSR count). The molecule has 0 aliphatic carbocycles. The Bertz CT molecular complexity index is 814. The van der Waals surface area contributed by atoms with Crippen LogP contribution in [0.25, 0.3) is 11.2 Å². The number of likely N-dealkylation sites (N-methyl/N-ethyl adjacent to an activating group) is 1. The lowest BCUT2D eigenvalue weighted by atomic mass is 10.1. The van der Waals surface area contributed by atoms with Crippen molar-refractivity contribution in [1.82, 2.24) is 19.4 Å². The monoisotopic (exact) mass is 380 g/mol. The summed E-state index contributed by atoms with van der Waals surface area (Å²) in [6.07, 6.45) is -0.574. The standard InChI is InChI=1S/C16H24N6O5/c1-21(5-3-9(18)16(25)26)6-10-12(23)13(24)15(27-10)22-7-20-11-8(17)2-4-19-14(11)22/h2,4,7,9-10,12-13,15,23-24H,3,5-6,18H2,1H3,(H2,17,19)(H,25,26). The summed E-state index contributed by atoms with van der Waals surface area (Å²) < 4.78 is 7.40. The Morgan fingerprint density at radius 2 is 2.15 bits per heavy atom. The minimum Gasteiger partial charge on any atom is -0.480 e. The first-order valence-electron chi connectivity index (χ1n) is 8.55. The fourth-order valence-corrected chi connectivity index (χ4v) is 3.13. The van der Waals surface area contributed by atoms with Crippen LogP contribution in [-0.2, 0) is 9.53 Å². The third kappa shape index (κ3) is 3.87. The summed E-state index contributed by atoms with van der Waals surface area (Å²) in [5, 5.41) is 29.6. The molecule has 7 N–H and O–H groups in total. The van der Waals surface area contributed by atoms with Gasteiger partial charge >= 0.3 is 5.97 Å². The van der Waals surface area contributed by atoms with Gasteiger partial charge in [0.15, 0.2) is 11.9 Å². The van der Waals surface area contributed by atoms with Crippen LogP contribution in [0.3, 0.4) is 0 Å². The molecule has 1 aliphatic heterocycles. The van der Waals surface area contributed by atoms with Gasteiger partial charge in [-0.2, -0.15) is 0 Å². The zero-order valence-electron chi connectivity index (χ0n) is 14.8. The molecule has 0 saturated carbocycles. The second kappa shape index (κ2) is 7.74. The number of pyridine rings is 1. The summed E-state index contributed by atoms with van der Waals surface area (Å²) in [6, 6.07) is 0.675. The molecule has 0 bridgehead atoms. The molecule has 11 heteroatoms. The molecule has 1 fully saturated rings. The van der Waals surface area contributed by atoms with Gasteiger partial charge in [-0.3, -0.25) is 9.36 Å². The lowest BCUT2D eigenvalue weighted by Crippen LogP contribution is -2.40. The summed E-state index contributed by atoms with van der Waals surface area (Å²) in [4.78, 5) is 21.0. The zero-order chi connectivity index (χ0) is 19.7. The minimum absolute atomic E-state index is 0.260. The Labute approximate surface area is 155 Å². The van der Waals surface area contributed by atoms with Gasteiger partial charge in [0.2, 0.25) is 0 Å². The van der Waals surface area contributed by atoms with Crippen molar-refractivity contribution < 1.29 is 24.9 Å². The Morgan fingerprint density at radius 3 is 2.85 bits per heavy atom. The van der Waals surface area contributed by atoms with Crippen molar-refractivity contribution in [3.05, 3.63) is 18.6 Å². The second-order valence-electron chi connectivity index (χ2n) is 6.77. The molecule has 0 amide bonds. The number of nitrogens with zero attached hydrogens (tertiary/aromatic N) is 4. The third-order valence-electron chi connectivity index (χ3n) is 4.73. The number of hydrogen-bond donors (Lipinski definition) is 5. The number of carbonyl (C=O) groups is 1. The second-order valence-corrected chi connectivity index (χ2v) is 6.77. The lowest BCUT2D eigenvalue weighted by molar-refractivity contribution is -0.138. The van der Waals surface area contributed by atoms with Crippen molar-refractivity contribution in [2.24, 2.45) is 5.73 Å². The average Bonchev–Trinajstić information content (AvgIpc) is 3.17. The molecule has 3 heterocycles. The number of aliphatic carboxylic acids is 1. The first kappa shape index (κ1) is 19.5. The predicted molar refractivity (Wildman–Crippen MR) is 95.6 cm³/mol. The topological polar surface area (TPSA) is 173 Å². The Hall–Kier alpha value is -2.31. The van der Waals surface area contributed by atoms with E-state index in [0.717, 1.165) is 0 Å². The van der Waals surface area contributed by atoms with E-state index in [2.05, 4.69) is 9.97 Å². The first-order chi connectivity index (χ1) is 12.8. The molecule has 0 spiro atoms. The van der Waals surface area contributed by atoms with E-state index < -0.39 is 36.6 Å². The van der Waals surface area contributed by atoms with Crippen molar-refractivity contribution in [3.8, 4) is 0 Å². The number of carboxylic acid groups (broad SMARTS) is 1. The number of imidazole rings is 1. The maximum Gasteiger partial charge on any atom is 0.320 e. The normalized spacial score (nSPS) is 26.7. The molecule has 27 heavy (non-hydrogen) atoms. The van der Waals surface area contributed by atoms with Crippen LogP contribution in [0.1, 0.15) is 12.6 Å². The van der Waals surface area contributed by atoms with E-state index in [1.54, 1.807) is 22.6 Å². The number of aliphatic hydroxyl groups is 2. The van der Waals surface area contributed by atoms with E-state index in [9.17, 15) is 15.0 Å². The van der Waals surface area contributed by atoms with E-state index in [1.807, 2.05) is 0 Å². The number of aromatic nitrogens is 3. The summed E-state index contributed by atoms with van der Waals surface area (Å²) >= 11 is 0. The van der Waals surface area contributed by atoms with Gasteiger partial charge < -0.3 is 36.4 Å². The lowest BCUT2D eigenvalue weighted by Gasteiger charge is -2.23. The average molecular weight is 380 g/mol. The zero-order valence-corrected chi connectivity index (χ0v) is 14.8. The highest BCUT2D eigenvalue weighted by Gasteiger charge is 2.44. The summed E-state index contributed by atoms with van der Waals surface area (Å²) in [5.41, 5.74) is 12.8. The molecule has 148 valence electrons. The van der Waals surface area contributed by atoms with Crippen molar-refractivity contribution in [1.29, 1.82) is 0 Å². The van der Waals surface area contributed by atoms with Gasteiger partial charge in [0.1, 0.15) is 29.9 Å². The van der Waals surface area contributed by atoms with Crippen LogP contribution in [0, 0.1) is 0 Å². The highest BCUT2D eigenvalue weighted by Crippen LogP contribution is 2.32. The Morgan fingerprint density at radius 1 is 1.41 bits per heavy atom. The van der Waals surface area contributed by atoms with E-state index in [4.69, 9.17) is 21.3 Å². The van der Waals surface area contributed by atoms with Gasteiger partial charge in [-0.15, -0.1) is 0 Å². The van der Waals surface area contributed by atoms with Crippen molar-refractivity contribution in [2.45, 2.75) is 37.0 Å². The first-order valence-corrected chi connectivity index (χ1v) is 8.55. The fourth-order valence-electron chi connectivity index (χ4n) is 3.13. The van der Waals surface area contributed by atoms with Crippen LogP contribution in [0.2, 0.25) is 0 Å². The molecular weight excluding hydrogens is 356 g/mol. The smallest absolute Gasteiger partial charge is 0.320 e. The maximum absolute atomic E-state index is 10.8. The number of nitrogens with two attached hydrogens (primary N) is 2. The van der Waals surface area contributed by atoms with Crippen molar-refractivity contribution in [3.63, 3.8) is 0 Å². The van der Waals surface area contributed by atoms with Gasteiger partial charge in [0.25, 0.3) is 0 Å². The van der Waals surface area contributed by atoms with Crippen LogP contribution >= 0.6 is 0 Å². The Kier molecular flexibility index (Phi) is 5.58. The number of rotatable bonds is 7. The molecule has 2 aromatic heterocycles. The van der Waals surface area contributed by atoms with Gasteiger partial charge in [-0.1, -0.05) is 0 Å². The predicted octanol–water partition coefficient (Wildman–Crippen LogP) is -1.63. The van der Waals surface area contributed by atoms with Crippen LogP contribution in [0.4, 0.5) is 5.69 Å². The SMILES string of the molecule is CN(CCC(N)C(=O)O)CC1OC(n2cnc3c(N)ccnc32)C(O)C1O. The van der Waals surface area contributed by atoms with E-state index in [-0.39, 0.29) is 6.42 Å². The fraction of sp³-hybridized carbons (Fsp3) is 0.562. The molecule has 11 nitrogen and oxygen atoms in total. The van der Waals surface area contributed by atoms with Gasteiger partial charge in [0.05, 0.1) is 12.0 Å². The number of ether oxygens (including phenoxy) is 1. The van der Waals surface area contributed by atoms with Crippen LogP contribution in [-0.4, -0.2) is 85.2 Å². The van der Waals surface area contributed by atoms with Gasteiger partial charge in [0, 0.05) is 12.7 Å². The highest BCUT2D eigenvalue weighted by atomic mass is 16.6. The van der Waals surface area contributed by atoms with Crippen molar-refractivity contribution in [2.75, 3.05) is 25.9 Å². The number of nitrogen functional groups attached to an aromatic ring is 1. The van der Waals surface area contributed by atoms with Crippen LogP contribution in [0.5, 0.6) is 0 Å². The van der Waals surface area contributed by atoms with Crippen LogP contribution < -0.4 is 11.5 Å². The molecule has 5 unspecified atom stereocenters. The van der Waals surface area contributed by atoms with Crippen molar-refractivity contribution >= 4 is 22.8 Å². The molecule has 0 aromatic carbocycles. The Balaban J connectivity index is 1.68. The quantitative estimate of drug-likeness (QED) is 0.375. The summed E-state index contributed by atoms with van der Waals surface area (Å²) in [5.74, 6) is -1.06. The number of aliphatic hydroxyl groups excluding tert-OH is 2. The van der Waals surface area contributed by atoms with Gasteiger partial charge in [-0.25, -0.2) is 9.97 Å². The molecule has 5 atom stereocenters. The largest absolute Gasteiger partial charge is 0.480 e. The van der Waals surface area contributed by atoms with Crippen LogP contribution in [0.15, 0.2) is 18.6 Å². The number of hydrogen-bond acceptors (Lipinski definition) is 9. The minimum atomic E-state index is -1.18. The molecular formula is C16H24N6O5. The molecule has 2 aromatic rings. The van der Waals surface area contributed by atoms with E-state index in [1.165, 1.54) is 12.5 Å². The molecule has 1 aliphatic rings. The molecule has 0 radical (unpaired) electrons. The summed E-state index contributed by atoms with van der Waals surface area (Å²) in [7, 11) is 1.76. The highest BCUT2D eigenvalue weighted by molar-refractivity contribution is 5.83. The van der Waals surface area contributed by atoms with E-state index >= 15 is 0 Å². The van der Waals surface area contributed by atoms with Gasteiger partial charge in [-0.05, 0) is 26.1 Å². The number of anilines is 1. The maximum atomic E-state index is 10.8. The summed E-state index contributed by atoms with van der Waals surface area (Å²) in [6.45, 7) is 0.705. The molecule has 1 saturated heterocycles. The number of carboxylic acids is 1.